The maximum atomic E-state index is 13.1. The van der Waals surface area contributed by atoms with Crippen molar-refractivity contribution in [2.45, 2.75) is 31.6 Å². The van der Waals surface area contributed by atoms with Crippen LogP contribution in [-0.4, -0.2) is 55.5 Å². The number of aryl methyl sites for hydroxylation is 2. The van der Waals surface area contributed by atoms with Crippen molar-refractivity contribution in [1.29, 1.82) is 0 Å². The highest BCUT2D eigenvalue weighted by Crippen LogP contribution is 2.40. The Morgan fingerprint density at radius 2 is 2.00 bits per heavy atom. The van der Waals surface area contributed by atoms with Gasteiger partial charge in [-0.15, -0.1) is 0 Å². The number of aromatic nitrogens is 1. The van der Waals surface area contributed by atoms with Gasteiger partial charge in [0, 0.05) is 50.0 Å². The lowest BCUT2D eigenvalue weighted by Crippen LogP contribution is -2.36. The molecular formula is C18H23N5O5S. The molecule has 1 N–H and O–H groups in total. The van der Waals surface area contributed by atoms with Crippen molar-refractivity contribution in [1.82, 2.24) is 9.46 Å². The van der Waals surface area contributed by atoms with E-state index in [1.807, 2.05) is 4.90 Å². The fourth-order valence-electron chi connectivity index (χ4n) is 4.19. The van der Waals surface area contributed by atoms with Gasteiger partial charge in [0.05, 0.1) is 4.92 Å². The fourth-order valence-corrected chi connectivity index (χ4v) is 5.96. The number of nitro benzene ring substituents is 1. The van der Waals surface area contributed by atoms with Gasteiger partial charge in [0.2, 0.25) is 10.0 Å². The summed E-state index contributed by atoms with van der Waals surface area (Å²) < 4.78 is 32.7. The highest BCUT2D eigenvalue weighted by atomic mass is 32.2. The van der Waals surface area contributed by atoms with Crippen molar-refractivity contribution in [2.24, 2.45) is 0 Å². The molecule has 0 atom stereocenters. The first-order valence-corrected chi connectivity index (χ1v) is 11.0. The Bertz CT molecular complexity index is 1050. The molecule has 3 heterocycles. The molecule has 11 heteroatoms. The van der Waals surface area contributed by atoms with Crippen LogP contribution in [0.4, 0.5) is 17.1 Å². The smallest absolute Gasteiger partial charge is 0.292 e. The number of fused-ring (bicyclic) bond motifs is 1. The summed E-state index contributed by atoms with van der Waals surface area (Å²) in [7, 11) is -3.74. The normalized spacial score (nSPS) is 17.7. The number of anilines is 2. The molecule has 29 heavy (non-hydrogen) atoms. The van der Waals surface area contributed by atoms with Crippen molar-refractivity contribution in [2.75, 3.05) is 42.9 Å². The monoisotopic (exact) mass is 421 g/mol. The third-order valence-electron chi connectivity index (χ3n) is 5.49. The van der Waals surface area contributed by atoms with Gasteiger partial charge in [-0.3, -0.25) is 10.1 Å². The first-order chi connectivity index (χ1) is 13.8. The molecule has 2 aliphatic rings. The lowest BCUT2D eigenvalue weighted by molar-refractivity contribution is -0.384. The molecule has 156 valence electrons. The van der Waals surface area contributed by atoms with Gasteiger partial charge in [0.15, 0.2) is 5.76 Å². The van der Waals surface area contributed by atoms with E-state index < -0.39 is 10.0 Å². The zero-order valence-corrected chi connectivity index (χ0v) is 17.2. The molecule has 2 aliphatic heterocycles. The molecule has 1 fully saturated rings. The van der Waals surface area contributed by atoms with E-state index in [1.54, 1.807) is 19.9 Å². The van der Waals surface area contributed by atoms with Crippen LogP contribution in [0.5, 0.6) is 0 Å². The van der Waals surface area contributed by atoms with Crippen LogP contribution in [0.1, 0.15) is 23.4 Å². The molecule has 0 bridgehead atoms. The van der Waals surface area contributed by atoms with E-state index in [4.69, 9.17) is 4.52 Å². The van der Waals surface area contributed by atoms with Crippen LogP contribution < -0.4 is 10.2 Å². The summed E-state index contributed by atoms with van der Waals surface area (Å²) in [6.45, 7) is 5.43. The van der Waals surface area contributed by atoms with Crippen molar-refractivity contribution >= 4 is 27.1 Å². The number of benzene rings is 1. The minimum atomic E-state index is -3.74. The Balaban J connectivity index is 1.64. The van der Waals surface area contributed by atoms with Crippen molar-refractivity contribution in [3.63, 3.8) is 0 Å². The summed E-state index contributed by atoms with van der Waals surface area (Å²) in [5.41, 5.74) is 2.85. The summed E-state index contributed by atoms with van der Waals surface area (Å²) in [5.74, 6) is 0.270. The van der Waals surface area contributed by atoms with Crippen LogP contribution in [0.3, 0.4) is 0 Å². The molecule has 0 spiro atoms. The van der Waals surface area contributed by atoms with E-state index in [-0.39, 0.29) is 27.8 Å². The third kappa shape index (κ3) is 3.33. The van der Waals surface area contributed by atoms with Crippen LogP contribution in [0.15, 0.2) is 21.6 Å². The van der Waals surface area contributed by atoms with Gasteiger partial charge in [-0.1, -0.05) is 5.16 Å². The van der Waals surface area contributed by atoms with E-state index in [0.717, 1.165) is 17.8 Å². The predicted octanol–water partition coefficient (Wildman–Crippen LogP) is 2.07. The van der Waals surface area contributed by atoms with Gasteiger partial charge in [-0.2, -0.15) is 4.31 Å². The fraction of sp³-hybridized carbons (Fsp3) is 0.500. The van der Waals surface area contributed by atoms with Crippen LogP contribution in [0.2, 0.25) is 0 Å². The summed E-state index contributed by atoms with van der Waals surface area (Å²) in [4.78, 5) is 13.3. The van der Waals surface area contributed by atoms with Gasteiger partial charge < -0.3 is 14.7 Å². The van der Waals surface area contributed by atoms with Gasteiger partial charge >= 0.3 is 0 Å². The molecule has 0 amide bonds. The lowest BCUT2D eigenvalue weighted by Gasteiger charge is -2.25. The Labute approximate surface area is 168 Å². The molecule has 1 saturated heterocycles. The van der Waals surface area contributed by atoms with Crippen molar-refractivity contribution in [3.8, 4) is 0 Å². The van der Waals surface area contributed by atoms with Gasteiger partial charge in [-0.05, 0) is 32.8 Å². The minimum Gasteiger partial charge on any atom is -0.384 e. The van der Waals surface area contributed by atoms with E-state index in [2.05, 4.69) is 10.5 Å². The molecular weight excluding hydrogens is 398 g/mol. The number of nitro groups is 1. The molecule has 1 aromatic carbocycles. The molecule has 0 aliphatic carbocycles. The van der Waals surface area contributed by atoms with Crippen LogP contribution in [0, 0.1) is 24.0 Å². The predicted molar refractivity (Wildman–Crippen MR) is 107 cm³/mol. The standard InChI is InChI=1S/C18H23N5O5S/c1-12-18(13(2)28-20-12)29(26,27)22-9-3-8-21(10-11-22)17-14-6-7-19-15(14)4-5-16(17)23(24)25/h4-5,19H,3,6-11H2,1-2H3. The largest absolute Gasteiger partial charge is 0.384 e. The molecule has 10 nitrogen and oxygen atoms in total. The van der Waals surface area contributed by atoms with Crippen LogP contribution in [0.25, 0.3) is 0 Å². The number of rotatable bonds is 4. The zero-order valence-electron chi connectivity index (χ0n) is 16.3. The number of nitrogens with one attached hydrogen (secondary N) is 1. The van der Waals surface area contributed by atoms with Gasteiger partial charge in [-0.25, -0.2) is 8.42 Å². The highest BCUT2D eigenvalue weighted by Gasteiger charge is 2.34. The zero-order chi connectivity index (χ0) is 20.8. The first kappa shape index (κ1) is 19.6. The van der Waals surface area contributed by atoms with Crippen molar-refractivity contribution < 1.29 is 17.9 Å². The van der Waals surface area contributed by atoms with E-state index in [9.17, 15) is 18.5 Å². The van der Waals surface area contributed by atoms with Crippen LogP contribution >= 0.6 is 0 Å². The number of hydrogen-bond acceptors (Lipinski definition) is 8. The average Bonchev–Trinajstić information content (AvgIpc) is 3.18. The summed E-state index contributed by atoms with van der Waals surface area (Å²) in [6.07, 6.45) is 1.28. The number of sulfonamides is 1. The molecule has 0 radical (unpaired) electrons. The molecule has 2 aromatic rings. The second kappa shape index (κ2) is 7.30. The lowest BCUT2D eigenvalue weighted by atomic mass is 10.1. The Hall–Kier alpha value is -2.66. The number of nitrogens with zero attached hydrogens (tertiary/aromatic N) is 4. The first-order valence-electron chi connectivity index (χ1n) is 9.53. The van der Waals surface area contributed by atoms with E-state index in [1.165, 1.54) is 10.4 Å². The Kier molecular flexibility index (Phi) is 4.95. The highest BCUT2D eigenvalue weighted by molar-refractivity contribution is 7.89. The summed E-state index contributed by atoms with van der Waals surface area (Å²) in [6, 6.07) is 3.27. The quantitative estimate of drug-likeness (QED) is 0.588. The average molecular weight is 421 g/mol. The van der Waals surface area contributed by atoms with E-state index in [0.29, 0.717) is 43.9 Å². The minimum absolute atomic E-state index is 0.0643. The molecule has 4 rings (SSSR count). The summed E-state index contributed by atoms with van der Waals surface area (Å²) >= 11 is 0. The Morgan fingerprint density at radius 3 is 2.69 bits per heavy atom. The molecule has 1 aromatic heterocycles. The van der Waals surface area contributed by atoms with E-state index >= 15 is 0 Å². The second-order valence-electron chi connectivity index (χ2n) is 7.29. The van der Waals surface area contributed by atoms with Gasteiger partial charge in [0.1, 0.15) is 16.3 Å². The summed E-state index contributed by atoms with van der Waals surface area (Å²) in [5, 5.41) is 18.7. The maximum absolute atomic E-state index is 13.1. The SMILES string of the molecule is Cc1noc(C)c1S(=O)(=O)N1CCCN(c2c([N+](=O)[O-])ccc3c2CCN3)CC1. The van der Waals surface area contributed by atoms with Gasteiger partial charge in [0.25, 0.3) is 5.69 Å². The Morgan fingerprint density at radius 1 is 1.21 bits per heavy atom. The molecule has 0 saturated carbocycles. The number of hydrogen-bond donors (Lipinski definition) is 1. The second-order valence-corrected chi connectivity index (χ2v) is 9.17. The molecule has 0 unspecified atom stereocenters. The van der Waals surface area contributed by atoms with Crippen molar-refractivity contribution in [3.05, 3.63) is 39.3 Å². The third-order valence-corrected chi connectivity index (χ3v) is 7.63. The van der Waals surface area contributed by atoms with Crippen LogP contribution in [-0.2, 0) is 16.4 Å². The maximum Gasteiger partial charge on any atom is 0.292 e. The topological polar surface area (TPSA) is 122 Å².